The molecule has 1 heterocycles. The molecule has 5 heteroatoms. The van der Waals surface area contributed by atoms with E-state index in [0.29, 0.717) is 36.9 Å². The lowest BCUT2D eigenvalue weighted by atomic mass is 9.88. The number of methoxy groups -OCH3 is 1. The molecule has 2 aromatic carbocycles. The first-order valence-corrected chi connectivity index (χ1v) is 9.24. The second kappa shape index (κ2) is 8.56. The summed E-state index contributed by atoms with van der Waals surface area (Å²) in [4.78, 5) is 14.8. The molecule has 0 spiro atoms. The molecule has 1 fully saturated rings. The number of amides is 1. The van der Waals surface area contributed by atoms with E-state index in [1.54, 1.807) is 7.11 Å². The summed E-state index contributed by atoms with van der Waals surface area (Å²) in [5.74, 6) is 0.724. The Labute approximate surface area is 159 Å². The van der Waals surface area contributed by atoms with Crippen molar-refractivity contribution < 1.29 is 14.3 Å². The molecule has 1 saturated heterocycles. The first-order chi connectivity index (χ1) is 12.6. The second-order valence-corrected chi connectivity index (χ2v) is 6.99. The van der Waals surface area contributed by atoms with Gasteiger partial charge in [0.15, 0.2) is 0 Å². The Morgan fingerprint density at radius 1 is 1.27 bits per heavy atom. The van der Waals surface area contributed by atoms with Crippen molar-refractivity contribution in [1.82, 2.24) is 4.90 Å². The minimum Gasteiger partial charge on any atom is -0.495 e. The fraction of sp³-hybridized carbons (Fsp3) is 0.381. The minimum atomic E-state index is -0.0507. The van der Waals surface area contributed by atoms with Crippen LogP contribution in [0.3, 0.4) is 0 Å². The summed E-state index contributed by atoms with van der Waals surface area (Å²) in [6.07, 6.45) is 0.484. The van der Waals surface area contributed by atoms with Crippen LogP contribution < -0.4 is 4.74 Å². The van der Waals surface area contributed by atoms with Crippen molar-refractivity contribution in [3.05, 3.63) is 64.7 Å². The Balaban J connectivity index is 1.87. The Morgan fingerprint density at radius 3 is 2.69 bits per heavy atom. The number of carbonyl (C=O) groups excluding carboxylic acids is 1. The van der Waals surface area contributed by atoms with Crippen LogP contribution in [0.15, 0.2) is 48.5 Å². The number of hydrogen-bond acceptors (Lipinski definition) is 3. The fourth-order valence-corrected chi connectivity index (χ4v) is 3.63. The van der Waals surface area contributed by atoms with Gasteiger partial charge in [0.1, 0.15) is 5.75 Å². The van der Waals surface area contributed by atoms with E-state index in [9.17, 15) is 4.79 Å². The average Bonchev–Trinajstić information content (AvgIpc) is 2.66. The standard InChI is InChI=1S/C21H24ClNO3/c1-15-14-23(10-11-26-15)21(24)13-18(16-6-4-3-5-7-16)17-8-9-20(25-2)19(22)12-17/h3-9,12,15,18H,10-11,13-14H2,1-2H3. The summed E-state index contributed by atoms with van der Waals surface area (Å²) in [7, 11) is 1.60. The number of morpholine rings is 1. The van der Waals surface area contributed by atoms with Crippen LogP contribution in [0, 0.1) is 0 Å². The Bertz CT molecular complexity index is 750. The van der Waals surface area contributed by atoms with Crippen LogP contribution in [0.5, 0.6) is 5.75 Å². The molecule has 26 heavy (non-hydrogen) atoms. The van der Waals surface area contributed by atoms with Gasteiger partial charge < -0.3 is 14.4 Å². The van der Waals surface area contributed by atoms with Crippen molar-refractivity contribution in [1.29, 1.82) is 0 Å². The highest BCUT2D eigenvalue weighted by molar-refractivity contribution is 6.32. The normalized spacial score (nSPS) is 18.4. The van der Waals surface area contributed by atoms with E-state index in [-0.39, 0.29) is 17.9 Å². The van der Waals surface area contributed by atoms with Crippen LogP contribution in [-0.4, -0.2) is 43.7 Å². The van der Waals surface area contributed by atoms with Crippen LogP contribution in [0.2, 0.25) is 5.02 Å². The zero-order valence-electron chi connectivity index (χ0n) is 15.2. The molecule has 3 rings (SSSR count). The van der Waals surface area contributed by atoms with Crippen molar-refractivity contribution in [3.8, 4) is 5.75 Å². The molecule has 1 aliphatic heterocycles. The van der Waals surface area contributed by atoms with Crippen LogP contribution in [-0.2, 0) is 9.53 Å². The zero-order valence-corrected chi connectivity index (χ0v) is 15.9. The molecule has 0 aliphatic carbocycles. The number of halogens is 1. The molecule has 0 bridgehead atoms. The molecule has 2 aromatic rings. The van der Waals surface area contributed by atoms with Gasteiger partial charge in [0.25, 0.3) is 0 Å². The lowest BCUT2D eigenvalue weighted by Gasteiger charge is -2.32. The molecular weight excluding hydrogens is 350 g/mol. The van der Waals surface area contributed by atoms with Gasteiger partial charge in [-0.3, -0.25) is 4.79 Å². The molecule has 1 aliphatic rings. The maximum absolute atomic E-state index is 12.9. The lowest BCUT2D eigenvalue weighted by molar-refractivity contribution is -0.138. The topological polar surface area (TPSA) is 38.8 Å². The molecule has 0 N–H and O–H groups in total. The van der Waals surface area contributed by atoms with Crippen molar-refractivity contribution in [2.24, 2.45) is 0 Å². The third-order valence-electron chi connectivity index (χ3n) is 4.75. The Morgan fingerprint density at radius 2 is 2.04 bits per heavy atom. The number of hydrogen-bond donors (Lipinski definition) is 0. The van der Waals surface area contributed by atoms with Crippen LogP contribution >= 0.6 is 11.6 Å². The predicted octanol–water partition coefficient (Wildman–Crippen LogP) is 4.12. The van der Waals surface area contributed by atoms with Crippen LogP contribution in [0.4, 0.5) is 0 Å². The van der Waals surface area contributed by atoms with Gasteiger partial charge in [-0.25, -0.2) is 0 Å². The van der Waals surface area contributed by atoms with E-state index < -0.39 is 0 Å². The largest absolute Gasteiger partial charge is 0.495 e. The number of benzene rings is 2. The first-order valence-electron chi connectivity index (χ1n) is 8.86. The molecule has 1 amide bonds. The highest BCUT2D eigenvalue weighted by Gasteiger charge is 2.26. The van der Waals surface area contributed by atoms with Crippen LogP contribution in [0.25, 0.3) is 0 Å². The van der Waals surface area contributed by atoms with Gasteiger partial charge in [-0.2, -0.15) is 0 Å². The SMILES string of the molecule is COc1ccc(C(CC(=O)N2CCOC(C)C2)c2ccccc2)cc1Cl. The van der Waals surface area contributed by atoms with Gasteiger partial charge in [-0.05, 0) is 30.2 Å². The molecular formula is C21H24ClNO3. The molecule has 0 saturated carbocycles. The third-order valence-corrected chi connectivity index (χ3v) is 5.05. The predicted molar refractivity (Wildman–Crippen MR) is 103 cm³/mol. The van der Waals surface area contributed by atoms with E-state index in [2.05, 4.69) is 12.1 Å². The monoisotopic (exact) mass is 373 g/mol. The summed E-state index contributed by atoms with van der Waals surface area (Å²) in [6.45, 7) is 3.88. The van der Waals surface area contributed by atoms with Crippen molar-refractivity contribution in [3.63, 3.8) is 0 Å². The smallest absolute Gasteiger partial charge is 0.223 e. The van der Waals surface area contributed by atoms with Gasteiger partial charge in [0, 0.05) is 25.4 Å². The summed E-state index contributed by atoms with van der Waals surface area (Å²) in [6, 6.07) is 15.8. The zero-order chi connectivity index (χ0) is 18.5. The van der Waals surface area contributed by atoms with Gasteiger partial charge >= 0.3 is 0 Å². The molecule has 138 valence electrons. The fourth-order valence-electron chi connectivity index (χ4n) is 3.36. The highest BCUT2D eigenvalue weighted by Crippen LogP contribution is 2.34. The minimum absolute atomic E-state index is 0.0507. The average molecular weight is 374 g/mol. The highest BCUT2D eigenvalue weighted by atomic mass is 35.5. The summed E-state index contributed by atoms with van der Waals surface area (Å²) < 4.78 is 10.8. The molecule has 4 nitrogen and oxygen atoms in total. The number of rotatable bonds is 5. The number of carbonyl (C=O) groups is 1. The quantitative estimate of drug-likeness (QED) is 0.791. The molecule has 2 atom stereocenters. The van der Waals surface area contributed by atoms with Crippen molar-refractivity contribution >= 4 is 17.5 Å². The van der Waals surface area contributed by atoms with Crippen molar-refractivity contribution in [2.75, 3.05) is 26.8 Å². The summed E-state index contributed by atoms with van der Waals surface area (Å²) in [5, 5.41) is 0.554. The van der Waals surface area contributed by atoms with E-state index in [1.165, 1.54) is 0 Å². The van der Waals surface area contributed by atoms with Gasteiger partial charge in [0.05, 0.1) is 24.8 Å². The maximum Gasteiger partial charge on any atom is 0.223 e. The lowest BCUT2D eigenvalue weighted by Crippen LogP contribution is -2.44. The molecule has 0 radical (unpaired) electrons. The summed E-state index contributed by atoms with van der Waals surface area (Å²) in [5.41, 5.74) is 2.11. The number of nitrogens with zero attached hydrogens (tertiary/aromatic N) is 1. The number of ether oxygens (including phenoxy) is 2. The molecule has 0 aromatic heterocycles. The van der Waals surface area contributed by atoms with Crippen LogP contribution in [0.1, 0.15) is 30.4 Å². The van der Waals surface area contributed by atoms with Crippen molar-refractivity contribution in [2.45, 2.75) is 25.4 Å². The van der Waals surface area contributed by atoms with Gasteiger partial charge in [-0.15, -0.1) is 0 Å². The molecule has 2 unspecified atom stereocenters. The van der Waals surface area contributed by atoms with E-state index >= 15 is 0 Å². The third kappa shape index (κ3) is 4.37. The van der Waals surface area contributed by atoms with E-state index in [0.717, 1.165) is 11.1 Å². The second-order valence-electron chi connectivity index (χ2n) is 6.58. The first kappa shape index (κ1) is 18.7. The maximum atomic E-state index is 12.9. The van der Waals surface area contributed by atoms with E-state index in [1.807, 2.05) is 48.2 Å². The van der Waals surface area contributed by atoms with Gasteiger partial charge in [-0.1, -0.05) is 48.0 Å². The summed E-state index contributed by atoms with van der Waals surface area (Å²) >= 11 is 6.33. The Kier molecular flexibility index (Phi) is 6.17. The van der Waals surface area contributed by atoms with Gasteiger partial charge in [0.2, 0.25) is 5.91 Å². The Hall–Kier alpha value is -2.04. The van der Waals surface area contributed by atoms with E-state index in [4.69, 9.17) is 21.1 Å².